The van der Waals surface area contributed by atoms with Crippen LogP contribution in [-0.4, -0.2) is 22.1 Å². The number of benzene rings is 1. The number of rotatable bonds is 4. The number of nitrogens with one attached hydrogen (secondary N) is 2. The van der Waals surface area contributed by atoms with Crippen molar-refractivity contribution < 1.29 is 23.9 Å². The Kier molecular flexibility index (Phi) is 4.44. The number of thiocarbonyl (C=S) groups is 1. The summed E-state index contributed by atoms with van der Waals surface area (Å²) in [6.07, 6.45) is 1.41. The van der Waals surface area contributed by atoms with Gasteiger partial charge in [-0.1, -0.05) is 12.1 Å². The fraction of sp³-hybridized carbons (Fsp3) is 0.133. The molecule has 2 N–H and O–H groups in total. The number of hydrogen-bond acceptors (Lipinski definition) is 7. The lowest BCUT2D eigenvalue weighted by Gasteiger charge is -2.16. The van der Waals surface area contributed by atoms with Gasteiger partial charge in [-0.2, -0.15) is 0 Å². The monoisotopic (exact) mass is 360 g/mol. The Balaban J connectivity index is 1.77. The van der Waals surface area contributed by atoms with E-state index in [9.17, 15) is 14.8 Å². The van der Waals surface area contributed by atoms with E-state index in [2.05, 4.69) is 20.4 Å². The molecule has 1 aromatic carbocycles. The third kappa shape index (κ3) is 3.63. The summed E-state index contributed by atoms with van der Waals surface area (Å²) in [5, 5.41) is 19.6. The number of aromatic nitrogens is 2. The van der Waals surface area contributed by atoms with Gasteiger partial charge in [0.2, 0.25) is 11.4 Å². The molecule has 0 spiro atoms. The highest BCUT2D eigenvalue weighted by molar-refractivity contribution is 7.80. The third-order valence-corrected chi connectivity index (χ3v) is 3.58. The number of carbonyl (C=O) groups is 2. The van der Waals surface area contributed by atoms with Crippen molar-refractivity contribution in [3.8, 4) is 5.75 Å². The molecule has 0 atom stereocenters. The lowest BCUT2D eigenvalue weighted by molar-refractivity contribution is -0.808. The number of aryl methyl sites for hydroxylation is 1. The molecule has 0 radical (unpaired) electrons. The van der Waals surface area contributed by atoms with Crippen LogP contribution in [-0.2, 0) is 16.2 Å². The summed E-state index contributed by atoms with van der Waals surface area (Å²) in [6.45, 7) is 1.59. The third-order valence-electron chi connectivity index (χ3n) is 3.38. The molecule has 0 unspecified atom stereocenters. The highest BCUT2D eigenvalue weighted by atomic mass is 32.1. The van der Waals surface area contributed by atoms with E-state index in [0.29, 0.717) is 17.0 Å². The highest BCUT2D eigenvalue weighted by Crippen LogP contribution is 2.18. The Morgan fingerprint density at radius 1 is 1.36 bits per heavy atom. The van der Waals surface area contributed by atoms with Crippen LogP contribution >= 0.6 is 12.2 Å². The van der Waals surface area contributed by atoms with Crippen LogP contribution in [0.3, 0.4) is 0 Å². The first kappa shape index (κ1) is 16.6. The zero-order chi connectivity index (χ0) is 18.0. The molecule has 2 heterocycles. The van der Waals surface area contributed by atoms with Crippen molar-refractivity contribution in [2.75, 3.05) is 0 Å². The maximum absolute atomic E-state index is 11.8. The lowest BCUT2D eigenvalue weighted by atomic mass is 10.1. The number of nitrogens with zero attached hydrogens (tertiary/aromatic N) is 2. The summed E-state index contributed by atoms with van der Waals surface area (Å²) in [5.41, 5.74) is 1.18. The topological polar surface area (TPSA) is 120 Å². The van der Waals surface area contributed by atoms with Gasteiger partial charge in [-0.05, 0) is 40.9 Å². The first-order chi connectivity index (χ1) is 11.9. The predicted octanol–water partition coefficient (Wildman–Crippen LogP) is 0.110. The molecule has 1 aromatic heterocycles. The van der Waals surface area contributed by atoms with Crippen molar-refractivity contribution in [3.05, 3.63) is 52.0 Å². The fourth-order valence-electron chi connectivity index (χ4n) is 2.11. The van der Waals surface area contributed by atoms with Crippen LogP contribution < -0.4 is 20.3 Å². The maximum Gasteiger partial charge on any atom is 0.263 e. The van der Waals surface area contributed by atoms with Crippen LogP contribution in [0.4, 0.5) is 0 Å². The Bertz CT molecular complexity index is 864. The Labute approximate surface area is 146 Å². The van der Waals surface area contributed by atoms with Gasteiger partial charge in [0, 0.05) is 12.1 Å². The van der Waals surface area contributed by atoms with Crippen LogP contribution in [0.1, 0.15) is 17.0 Å². The van der Waals surface area contributed by atoms with Crippen molar-refractivity contribution in [1.29, 1.82) is 0 Å². The maximum atomic E-state index is 11.8. The number of hydrogen-bond donors (Lipinski definition) is 2. The Morgan fingerprint density at radius 3 is 2.72 bits per heavy atom. The van der Waals surface area contributed by atoms with Gasteiger partial charge in [0.1, 0.15) is 11.3 Å². The van der Waals surface area contributed by atoms with Crippen molar-refractivity contribution >= 4 is 35.2 Å². The summed E-state index contributed by atoms with van der Waals surface area (Å²) in [5.74, 6) is -0.706. The van der Waals surface area contributed by atoms with Crippen LogP contribution in [0.5, 0.6) is 5.75 Å². The highest BCUT2D eigenvalue weighted by Gasteiger charge is 2.25. The second kappa shape index (κ2) is 6.69. The molecular formula is C15H12N4O5S. The molecule has 2 aromatic rings. The molecule has 1 aliphatic heterocycles. The predicted molar refractivity (Wildman–Crippen MR) is 87.8 cm³/mol. The summed E-state index contributed by atoms with van der Waals surface area (Å²) < 4.78 is 10.0. The average molecular weight is 360 g/mol. The minimum atomic E-state index is -0.576. The van der Waals surface area contributed by atoms with Gasteiger partial charge >= 0.3 is 0 Å². The molecule has 25 heavy (non-hydrogen) atoms. The van der Waals surface area contributed by atoms with Gasteiger partial charge in [-0.25, -0.2) is 0 Å². The van der Waals surface area contributed by atoms with Gasteiger partial charge in [-0.3, -0.25) is 24.9 Å². The SMILES string of the molecule is Cc1no[n+]([O-])c1COc1cccc(C=C2C(=O)NC(=S)NC2=O)c1. The molecule has 0 saturated carbocycles. The molecule has 10 heteroatoms. The second-order valence-corrected chi connectivity index (χ2v) is 5.53. The molecule has 3 rings (SSSR count). The van der Waals surface area contributed by atoms with Gasteiger partial charge in [0.15, 0.2) is 11.7 Å². The van der Waals surface area contributed by atoms with E-state index >= 15 is 0 Å². The van der Waals surface area contributed by atoms with Crippen molar-refractivity contribution in [1.82, 2.24) is 15.8 Å². The van der Waals surface area contributed by atoms with Crippen LogP contribution in [0, 0.1) is 12.1 Å². The standard InChI is InChI=1S/C15H12N4O5S/c1-8-12(19(22)24-18-8)7-23-10-4-2-3-9(5-10)6-11-13(20)16-15(25)17-14(11)21/h2-6H,7H2,1H3,(H2,16,17,20,21,25). The van der Waals surface area contributed by atoms with Crippen LogP contribution in [0.25, 0.3) is 6.08 Å². The molecule has 0 aliphatic carbocycles. The summed E-state index contributed by atoms with van der Waals surface area (Å²) in [4.78, 5) is 24.0. The van der Waals surface area contributed by atoms with Gasteiger partial charge in [0.25, 0.3) is 11.8 Å². The van der Waals surface area contributed by atoms with Gasteiger partial charge in [0.05, 0.1) is 0 Å². The molecule has 128 valence electrons. The molecule has 1 saturated heterocycles. The molecule has 9 nitrogen and oxygen atoms in total. The Hall–Kier alpha value is -3.27. The quantitative estimate of drug-likeness (QED) is 0.344. The molecular weight excluding hydrogens is 348 g/mol. The number of amides is 2. The van der Waals surface area contributed by atoms with Crippen molar-refractivity contribution in [2.24, 2.45) is 0 Å². The summed E-state index contributed by atoms with van der Waals surface area (Å²) in [7, 11) is 0. The zero-order valence-corrected chi connectivity index (χ0v) is 13.8. The van der Waals surface area contributed by atoms with E-state index in [1.165, 1.54) is 6.08 Å². The second-order valence-electron chi connectivity index (χ2n) is 5.12. The molecule has 0 bridgehead atoms. The minimum Gasteiger partial charge on any atom is -0.485 e. The average Bonchev–Trinajstić information content (AvgIpc) is 2.88. The summed E-state index contributed by atoms with van der Waals surface area (Å²) >= 11 is 4.74. The van der Waals surface area contributed by atoms with E-state index in [1.54, 1.807) is 31.2 Å². The smallest absolute Gasteiger partial charge is 0.263 e. The minimum absolute atomic E-state index is 0.0285. The Morgan fingerprint density at radius 2 is 2.08 bits per heavy atom. The van der Waals surface area contributed by atoms with Crippen molar-refractivity contribution in [3.63, 3.8) is 0 Å². The lowest BCUT2D eigenvalue weighted by Crippen LogP contribution is -2.51. The van der Waals surface area contributed by atoms with Crippen molar-refractivity contribution in [2.45, 2.75) is 13.5 Å². The molecule has 1 fully saturated rings. The number of carbonyl (C=O) groups excluding carboxylic acids is 2. The van der Waals surface area contributed by atoms with Crippen LogP contribution in [0.2, 0.25) is 0 Å². The largest absolute Gasteiger partial charge is 0.485 e. The van der Waals surface area contributed by atoms with E-state index in [4.69, 9.17) is 17.0 Å². The van der Waals surface area contributed by atoms with E-state index in [-0.39, 0.29) is 27.9 Å². The van der Waals surface area contributed by atoms with Gasteiger partial charge < -0.3 is 9.94 Å². The molecule has 1 aliphatic rings. The van der Waals surface area contributed by atoms with Crippen LogP contribution in [0.15, 0.2) is 34.5 Å². The fourth-order valence-corrected chi connectivity index (χ4v) is 2.29. The molecule has 2 amide bonds. The van der Waals surface area contributed by atoms with E-state index in [0.717, 1.165) is 0 Å². The van der Waals surface area contributed by atoms with Gasteiger partial charge in [-0.15, -0.1) is 0 Å². The zero-order valence-electron chi connectivity index (χ0n) is 12.9. The number of ether oxygens (including phenoxy) is 1. The van der Waals surface area contributed by atoms with E-state index < -0.39 is 11.8 Å². The van der Waals surface area contributed by atoms with E-state index in [1.807, 2.05) is 0 Å². The first-order valence-corrected chi connectivity index (χ1v) is 7.51. The normalized spacial score (nSPS) is 14.1. The first-order valence-electron chi connectivity index (χ1n) is 7.10. The summed E-state index contributed by atoms with van der Waals surface area (Å²) in [6, 6.07) is 6.69.